The first-order valence-electron chi connectivity index (χ1n) is 14.3. The fourth-order valence-corrected chi connectivity index (χ4v) is 6.86. The number of fused-ring (bicyclic) bond motifs is 1. The summed E-state index contributed by atoms with van der Waals surface area (Å²) in [5.41, 5.74) is -0.148. The molecule has 3 aliphatic heterocycles. The minimum absolute atomic E-state index is 0.00466. The fourth-order valence-electron chi connectivity index (χ4n) is 6.86. The molecule has 1 N–H and O–H groups in total. The van der Waals surface area contributed by atoms with E-state index in [1.807, 2.05) is 12.2 Å². The molecule has 5 fully saturated rings. The Hall–Kier alpha value is -0.540. The SMILES string of the molecule is OC(C=C[C@@H]1OCCC[C@H]1O[C@]12CCC[C@@H]1CC1(C2)OCCO1)CCCCCOC1CCCCO1. The van der Waals surface area contributed by atoms with Crippen LogP contribution in [-0.4, -0.2) is 74.1 Å². The van der Waals surface area contributed by atoms with Crippen molar-refractivity contribution in [2.24, 2.45) is 5.92 Å². The predicted molar refractivity (Wildman–Crippen MR) is 131 cm³/mol. The van der Waals surface area contributed by atoms with Gasteiger partial charge in [0, 0.05) is 32.7 Å². The lowest BCUT2D eigenvalue weighted by Crippen LogP contribution is -2.45. The average Bonchev–Trinajstić information content (AvgIpc) is 3.56. The maximum absolute atomic E-state index is 10.5. The highest BCUT2D eigenvalue weighted by Gasteiger charge is 2.61. The molecule has 5 aliphatic rings. The summed E-state index contributed by atoms with van der Waals surface area (Å²) in [7, 11) is 0. The largest absolute Gasteiger partial charge is 0.389 e. The normalized spacial score (nSPS) is 37.9. The highest BCUT2D eigenvalue weighted by atomic mass is 16.7. The lowest BCUT2D eigenvalue weighted by atomic mass is 9.93. The van der Waals surface area contributed by atoms with Crippen LogP contribution < -0.4 is 0 Å². The molecule has 0 radical (unpaired) electrons. The molecule has 0 aromatic carbocycles. The van der Waals surface area contributed by atoms with Crippen LogP contribution in [0.4, 0.5) is 0 Å². The van der Waals surface area contributed by atoms with Gasteiger partial charge in [0.1, 0.15) is 6.10 Å². The van der Waals surface area contributed by atoms with E-state index in [2.05, 4.69) is 0 Å². The number of aliphatic hydroxyl groups is 1. The third kappa shape index (κ3) is 6.67. The Kier molecular flexibility index (Phi) is 9.19. The number of hydrogen-bond acceptors (Lipinski definition) is 7. The maximum atomic E-state index is 10.5. The van der Waals surface area contributed by atoms with Gasteiger partial charge in [-0.15, -0.1) is 0 Å². The minimum atomic E-state index is -0.448. The Morgan fingerprint density at radius 2 is 1.80 bits per heavy atom. The van der Waals surface area contributed by atoms with Crippen LogP contribution in [0.2, 0.25) is 0 Å². The van der Waals surface area contributed by atoms with Gasteiger partial charge >= 0.3 is 0 Å². The number of rotatable bonds is 11. The van der Waals surface area contributed by atoms with Gasteiger partial charge in [-0.05, 0) is 63.7 Å². The zero-order chi connectivity index (χ0) is 24.0. The van der Waals surface area contributed by atoms with Crippen LogP contribution in [0.5, 0.6) is 0 Å². The molecule has 0 aromatic rings. The van der Waals surface area contributed by atoms with Crippen LogP contribution in [-0.2, 0) is 28.4 Å². The van der Waals surface area contributed by atoms with Gasteiger partial charge in [-0.2, -0.15) is 0 Å². The topological polar surface area (TPSA) is 75.6 Å². The summed E-state index contributed by atoms with van der Waals surface area (Å²) in [6.45, 7) is 3.71. The average molecular weight is 495 g/mol. The van der Waals surface area contributed by atoms with E-state index in [4.69, 9.17) is 28.4 Å². The van der Waals surface area contributed by atoms with E-state index in [-0.39, 0.29) is 24.1 Å². The van der Waals surface area contributed by atoms with Gasteiger partial charge < -0.3 is 33.5 Å². The van der Waals surface area contributed by atoms with Gasteiger partial charge in [-0.25, -0.2) is 0 Å². The van der Waals surface area contributed by atoms with Gasteiger partial charge in [-0.1, -0.05) is 31.4 Å². The Bertz CT molecular complexity index is 672. The molecule has 5 rings (SSSR count). The molecule has 7 heteroatoms. The molecule has 7 nitrogen and oxygen atoms in total. The summed E-state index contributed by atoms with van der Waals surface area (Å²) in [5, 5.41) is 10.5. The predicted octanol–water partition coefficient (Wildman–Crippen LogP) is 4.65. The third-order valence-corrected chi connectivity index (χ3v) is 8.64. The van der Waals surface area contributed by atoms with E-state index in [9.17, 15) is 5.11 Å². The van der Waals surface area contributed by atoms with E-state index in [1.165, 1.54) is 19.3 Å². The number of hydrogen-bond donors (Lipinski definition) is 1. The Labute approximate surface area is 210 Å². The smallest absolute Gasteiger partial charge is 0.171 e. The van der Waals surface area contributed by atoms with Crippen molar-refractivity contribution in [3.8, 4) is 0 Å². The quantitative estimate of drug-likeness (QED) is 0.331. The van der Waals surface area contributed by atoms with E-state index in [1.54, 1.807) is 0 Å². The van der Waals surface area contributed by atoms with Crippen LogP contribution in [0.15, 0.2) is 12.2 Å². The van der Waals surface area contributed by atoms with Crippen molar-refractivity contribution in [2.45, 2.75) is 126 Å². The zero-order valence-electron chi connectivity index (χ0n) is 21.4. The summed E-state index contributed by atoms with van der Waals surface area (Å²) >= 11 is 0. The molecule has 0 aromatic heterocycles. The minimum Gasteiger partial charge on any atom is -0.389 e. The number of ether oxygens (including phenoxy) is 6. The van der Waals surface area contributed by atoms with E-state index < -0.39 is 11.9 Å². The van der Waals surface area contributed by atoms with Crippen molar-refractivity contribution >= 4 is 0 Å². The Balaban J connectivity index is 1.05. The Morgan fingerprint density at radius 1 is 0.914 bits per heavy atom. The first-order chi connectivity index (χ1) is 17.2. The molecule has 1 spiro atoms. The van der Waals surface area contributed by atoms with Crippen LogP contribution in [0, 0.1) is 5.92 Å². The summed E-state index contributed by atoms with van der Waals surface area (Å²) in [6.07, 6.45) is 17.9. The first-order valence-corrected chi connectivity index (χ1v) is 14.3. The van der Waals surface area contributed by atoms with Crippen molar-refractivity contribution in [3.05, 3.63) is 12.2 Å². The molecule has 35 heavy (non-hydrogen) atoms. The third-order valence-electron chi connectivity index (χ3n) is 8.64. The van der Waals surface area contributed by atoms with Crippen LogP contribution >= 0.6 is 0 Å². The van der Waals surface area contributed by atoms with Gasteiger partial charge in [0.2, 0.25) is 0 Å². The molecule has 2 saturated carbocycles. The van der Waals surface area contributed by atoms with Gasteiger partial charge in [0.15, 0.2) is 12.1 Å². The fraction of sp³-hybridized carbons (Fsp3) is 0.929. The molecule has 2 unspecified atom stereocenters. The lowest BCUT2D eigenvalue weighted by molar-refractivity contribution is -0.193. The van der Waals surface area contributed by atoms with Crippen molar-refractivity contribution in [1.29, 1.82) is 0 Å². The molecule has 200 valence electrons. The molecule has 6 atom stereocenters. The molecule has 2 aliphatic carbocycles. The lowest BCUT2D eigenvalue weighted by Gasteiger charge is -2.39. The first kappa shape index (κ1) is 26.1. The van der Waals surface area contributed by atoms with Gasteiger partial charge in [0.25, 0.3) is 0 Å². The number of unbranched alkanes of at least 4 members (excludes halogenated alkanes) is 2. The molecule has 3 saturated heterocycles. The monoisotopic (exact) mass is 494 g/mol. The zero-order valence-corrected chi connectivity index (χ0v) is 21.4. The molecular weight excluding hydrogens is 448 g/mol. The van der Waals surface area contributed by atoms with Crippen molar-refractivity contribution < 1.29 is 33.5 Å². The van der Waals surface area contributed by atoms with Crippen molar-refractivity contribution in [3.63, 3.8) is 0 Å². The second-order valence-electron chi connectivity index (χ2n) is 11.2. The molecular formula is C28H46O7. The highest BCUT2D eigenvalue weighted by molar-refractivity contribution is 5.08. The standard InChI is InChI=1S/C28H46O7/c29-23(9-2-1-4-15-31-26-11-3-5-16-32-26)12-13-24-25(10-7-17-30-24)35-27-14-6-8-22(27)20-28(21-27)33-18-19-34-28/h12-13,22-26,29H,1-11,14-21H2/t22-,23?,24+,25-,26?,27+/m1/s1. The second-order valence-corrected chi connectivity index (χ2v) is 11.2. The molecule has 3 heterocycles. The van der Waals surface area contributed by atoms with Crippen LogP contribution in [0.1, 0.15) is 89.9 Å². The Morgan fingerprint density at radius 3 is 2.66 bits per heavy atom. The summed E-state index contributed by atoms with van der Waals surface area (Å²) in [5.74, 6) is 0.0859. The number of aliphatic hydroxyl groups excluding tert-OH is 1. The van der Waals surface area contributed by atoms with Gasteiger partial charge in [-0.3, -0.25) is 0 Å². The van der Waals surface area contributed by atoms with Crippen molar-refractivity contribution in [1.82, 2.24) is 0 Å². The highest BCUT2D eigenvalue weighted by Crippen LogP contribution is 2.57. The summed E-state index contributed by atoms with van der Waals surface area (Å²) in [6, 6.07) is 0. The molecule has 0 bridgehead atoms. The van der Waals surface area contributed by atoms with Gasteiger partial charge in [0.05, 0.1) is 31.0 Å². The maximum Gasteiger partial charge on any atom is 0.171 e. The van der Waals surface area contributed by atoms with Crippen LogP contribution in [0.25, 0.3) is 0 Å². The van der Waals surface area contributed by atoms with Crippen LogP contribution in [0.3, 0.4) is 0 Å². The van der Waals surface area contributed by atoms with Crippen molar-refractivity contribution in [2.75, 3.05) is 33.0 Å². The van der Waals surface area contributed by atoms with E-state index >= 15 is 0 Å². The molecule has 0 amide bonds. The van der Waals surface area contributed by atoms with E-state index in [0.29, 0.717) is 19.1 Å². The summed E-state index contributed by atoms with van der Waals surface area (Å²) < 4.78 is 36.6. The summed E-state index contributed by atoms with van der Waals surface area (Å²) in [4.78, 5) is 0. The van der Waals surface area contributed by atoms with E-state index in [0.717, 1.165) is 90.4 Å². The second kappa shape index (κ2) is 12.3.